The van der Waals surface area contributed by atoms with Gasteiger partial charge < -0.3 is 10.1 Å². The van der Waals surface area contributed by atoms with Crippen LogP contribution in [-0.4, -0.2) is 71.9 Å². The van der Waals surface area contributed by atoms with Gasteiger partial charge in [0.2, 0.25) is 5.91 Å². The number of nitrogens with zero attached hydrogens (tertiary/aromatic N) is 3. The molecule has 0 aliphatic carbocycles. The Morgan fingerprint density at radius 3 is 2.37 bits per heavy atom. The Labute approximate surface area is 157 Å². The van der Waals surface area contributed by atoms with Gasteiger partial charge in [0, 0.05) is 13.1 Å². The number of benzene rings is 1. The van der Waals surface area contributed by atoms with E-state index in [1.165, 1.54) is 7.11 Å². The average Bonchev–Trinajstić information content (AvgIpc) is 2.85. The SMILES string of the molecule is CCCN(CC(=O)Nc1ccccc1OC)CN1C(=O)C(=O)N(CC)C1=O. The molecule has 0 spiro atoms. The average molecular weight is 376 g/mol. The predicted molar refractivity (Wildman–Crippen MR) is 98.0 cm³/mol. The topological polar surface area (TPSA) is 99.3 Å². The first-order chi connectivity index (χ1) is 12.9. The van der Waals surface area contributed by atoms with E-state index in [0.29, 0.717) is 24.4 Å². The molecule has 5 amide bonds. The lowest BCUT2D eigenvalue weighted by molar-refractivity contribution is -0.144. The predicted octanol–water partition coefficient (Wildman–Crippen LogP) is 1.11. The van der Waals surface area contributed by atoms with Crippen molar-refractivity contribution in [1.29, 1.82) is 0 Å². The van der Waals surface area contributed by atoms with Gasteiger partial charge in [-0.2, -0.15) is 0 Å². The van der Waals surface area contributed by atoms with Crippen molar-refractivity contribution in [1.82, 2.24) is 14.7 Å². The number of methoxy groups -OCH3 is 1. The van der Waals surface area contributed by atoms with Crippen LogP contribution >= 0.6 is 0 Å². The van der Waals surface area contributed by atoms with Gasteiger partial charge in [0.05, 0.1) is 26.0 Å². The molecule has 0 bridgehead atoms. The van der Waals surface area contributed by atoms with Gasteiger partial charge in [-0.15, -0.1) is 0 Å². The summed E-state index contributed by atoms with van der Waals surface area (Å²) in [5.41, 5.74) is 0.530. The van der Waals surface area contributed by atoms with Crippen LogP contribution in [0.1, 0.15) is 20.3 Å². The van der Waals surface area contributed by atoms with Gasteiger partial charge in [0.25, 0.3) is 0 Å². The molecule has 1 aliphatic heterocycles. The van der Waals surface area contributed by atoms with Crippen LogP contribution in [0.15, 0.2) is 24.3 Å². The van der Waals surface area contributed by atoms with Crippen molar-refractivity contribution in [2.24, 2.45) is 0 Å². The van der Waals surface area contributed by atoms with E-state index < -0.39 is 17.8 Å². The molecule has 9 nitrogen and oxygen atoms in total. The summed E-state index contributed by atoms with van der Waals surface area (Å²) in [6, 6.07) is 6.35. The summed E-state index contributed by atoms with van der Waals surface area (Å²) in [5, 5.41) is 2.76. The number of amides is 5. The van der Waals surface area contributed by atoms with Crippen LogP contribution in [0.2, 0.25) is 0 Å². The van der Waals surface area contributed by atoms with Crippen molar-refractivity contribution < 1.29 is 23.9 Å². The number of urea groups is 1. The molecule has 1 N–H and O–H groups in total. The molecule has 0 aromatic heterocycles. The standard InChI is InChI=1S/C18H24N4O5/c1-4-10-20(12-22-17(25)16(24)21(5-2)18(22)26)11-15(23)19-13-8-6-7-9-14(13)27-3/h6-9H,4-5,10-12H2,1-3H3,(H,19,23). The van der Waals surface area contributed by atoms with E-state index in [1.54, 1.807) is 36.1 Å². The molecule has 27 heavy (non-hydrogen) atoms. The Kier molecular flexibility index (Phi) is 6.89. The largest absolute Gasteiger partial charge is 0.495 e. The van der Waals surface area contributed by atoms with Crippen molar-refractivity contribution in [2.45, 2.75) is 20.3 Å². The Morgan fingerprint density at radius 2 is 1.78 bits per heavy atom. The molecule has 1 fully saturated rings. The summed E-state index contributed by atoms with van der Waals surface area (Å²) in [6.07, 6.45) is 0.712. The Bertz CT molecular complexity index is 736. The lowest BCUT2D eigenvalue weighted by Gasteiger charge is -2.25. The lowest BCUT2D eigenvalue weighted by atomic mass is 10.3. The second-order valence-electron chi connectivity index (χ2n) is 6.01. The van der Waals surface area contributed by atoms with Crippen molar-refractivity contribution in [3.8, 4) is 5.75 Å². The van der Waals surface area contributed by atoms with Crippen molar-refractivity contribution in [3.63, 3.8) is 0 Å². The second-order valence-corrected chi connectivity index (χ2v) is 6.01. The van der Waals surface area contributed by atoms with Gasteiger partial charge in [-0.25, -0.2) is 9.69 Å². The van der Waals surface area contributed by atoms with Crippen LogP contribution in [0.5, 0.6) is 5.75 Å². The van der Waals surface area contributed by atoms with Gasteiger partial charge in [0.15, 0.2) is 0 Å². The fourth-order valence-corrected chi connectivity index (χ4v) is 2.81. The van der Waals surface area contributed by atoms with Crippen LogP contribution in [0, 0.1) is 0 Å². The number of carbonyl (C=O) groups is 4. The molecule has 0 radical (unpaired) electrons. The monoisotopic (exact) mass is 376 g/mol. The summed E-state index contributed by atoms with van der Waals surface area (Å²) >= 11 is 0. The van der Waals surface area contributed by atoms with Crippen molar-refractivity contribution >= 4 is 29.4 Å². The third kappa shape index (κ3) is 4.62. The molecule has 2 rings (SSSR count). The first-order valence-electron chi connectivity index (χ1n) is 8.75. The van der Waals surface area contributed by atoms with E-state index in [1.807, 2.05) is 6.92 Å². The summed E-state index contributed by atoms with van der Waals surface area (Å²) in [5.74, 6) is -1.49. The molecular formula is C18H24N4O5. The van der Waals surface area contributed by atoms with Gasteiger partial charge in [-0.3, -0.25) is 24.2 Å². The molecule has 0 saturated carbocycles. The van der Waals surface area contributed by atoms with E-state index in [2.05, 4.69) is 5.32 Å². The van der Waals surface area contributed by atoms with E-state index in [0.717, 1.165) is 9.80 Å². The highest BCUT2D eigenvalue weighted by atomic mass is 16.5. The molecule has 1 aromatic rings. The highest BCUT2D eigenvalue weighted by molar-refractivity contribution is 6.44. The maximum atomic E-state index is 12.4. The summed E-state index contributed by atoms with van der Waals surface area (Å²) in [6.45, 7) is 3.99. The number of ether oxygens (including phenoxy) is 1. The fraction of sp³-hybridized carbons (Fsp3) is 0.444. The fourth-order valence-electron chi connectivity index (χ4n) is 2.81. The normalized spacial score (nSPS) is 14.3. The first kappa shape index (κ1) is 20.4. The van der Waals surface area contributed by atoms with Crippen molar-refractivity contribution in [2.75, 3.05) is 38.7 Å². The number of hydrogen-bond donors (Lipinski definition) is 1. The lowest BCUT2D eigenvalue weighted by Crippen LogP contribution is -2.45. The zero-order valence-corrected chi connectivity index (χ0v) is 15.7. The molecule has 1 aliphatic rings. The zero-order valence-electron chi connectivity index (χ0n) is 15.7. The van der Waals surface area contributed by atoms with E-state index in [-0.39, 0.29) is 25.7 Å². The number of likely N-dealkylation sites (N-methyl/N-ethyl adjacent to an activating group) is 1. The molecular weight excluding hydrogens is 352 g/mol. The number of rotatable bonds is 9. The molecule has 0 unspecified atom stereocenters. The van der Waals surface area contributed by atoms with Crippen LogP contribution < -0.4 is 10.1 Å². The minimum Gasteiger partial charge on any atom is -0.495 e. The molecule has 1 aromatic carbocycles. The van der Waals surface area contributed by atoms with Crippen LogP contribution in [-0.2, 0) is 14.4 Å². The van der Waals surface area contributed by atoms with E-state index >= 15 is 0 Å². The Balaban J connectivity index is 2.05. The van der Waals surface area contributed by atoms with Gasteiger partial charge in [0.1, 0.15) is 5.75 Å². The summed E-state index contributed by atoms with van der Waals surface area (Å²) < 4.78 is 5.20. The zero-order chi connectivity index (χ0) is 20.0. The van der Waals surface area contributed by atoms with Crippen molar-refractivity contribution in [3.05, 3.63) is 24.3 Å². The van der Waals surface area contributed by atoms with Crippen LogP contribution in [0.25, 0.3) is 0 Å². The minimum absolute atomic E-state index is 0.0384. The number of hydrogen-bond acceptors (Lipinski definition) is 6. The molecule has 146 valence electrons. The Morgan fingerprint density at radius 1 is 1.11 bits per heavy atom. The first-order valence-corrected chi connectivity index (χ1v) is 8.75. The maximum Gasteiger partial charge on any atom is 0.335 e. The number of para-hydroxylation sites is 2. The number of nitrogens with one attached hydrogen (secondary N) is 1. The molecule has 9 heteroatoms. The second kappa shape index (κ2) is 9.13. The number of carbonyl (C=O) groups excluding carboxylic acids is 4. The van der Waals surface area contributed by atoms with Crippen LogP contribution in [0.4, 0.5) is 10.5 Å². The summed E-state index contributed by atoms with van der Waals surface area (Å²) in [4.78, 5) is 51.9. The Hall–Kier alpha value is -2.94. The number of anilines is 1. The van der Waals surface area contributed by atoms with E-state index in [9.17, 15) is 19.2 Å². The maximum absolute atomic E-state index is 12.4. The highest BCUT2D eigenvalue weighted by Crippen LogP contribution is 2.23. The van der Waals surface area contributed by atoms with Gasteiger partial charge >= 0.3 is 17.8 Å². The molecule has 1 saturated heterocycles. The van der Waals surface area contributed by atoms with Gasteiger partial charge in [-0.1, -0.05) is 19.1 Å². The molecule has 1 heterocycles. The minimum atomic E-state index is -0.868. The highest BCUT2D eigenvalue weighted by Gasteiger charge is 2.44. The number of imide groups is 2. The third-order valence-electron chi connectivity index (χ3n) is 4.08. The van der Waals surface area contributed by atoms with E-state index in [4.69, 9.17) is 4.74 Å². The van der Waals surface area contributed by atoms with Crippen LogP contribution in [0.3, 0.4) is 0 Å². The third-order valence-corrected chi connectivity index (χ3v) is 4.08. The summed E-state index contributed by atoms with van der Waals surface area (Å²) in [7, 11) is 1.51. The smallest absolute Gasteiger partial charge is 0.335 e. The van der Waals surface area contributed by atoms with Gasteiger partial charge in [-0.05, 0) is 25.5 Å². The molecule has 0 atom stereocenters. The quantitative estimate of drug-likeness (QED) is 0.512.